The van der Waals surface area contributed by atoms with E-state index in [0.29, 0.717) is 5.56 Å². The molecule has 1 amide bonds. The van der Waals surface area contributed by atoms with E-state index < -0.39 is 0 Å². The number of aromatic nitrogens is 2. The first-order valence-electron chi connectivity index (χ1n) is 3.97. The zero-order chi connectivity index (χ0) is 9.80. The number of oxazole rings is 1. The molecule has 0 saturated carbocycles. The number of carbonyl (C=O) groups is 1. The number of nitrogens with zero attached hydrogens (tertiary/aromatic N) is 2. The number of nitrogens with one attached hydrogen (secondary N) is 1. The largest absolute Gasteiger partial charge is 0.432 e. The second-order valence-electron chi connectivity index (χ2n) is 2.53. The predicted molar refractivity (Wildman–Crippen MR) is 48.7 cm³/mol. The molecule has 14 heavy (non-hydrogen) atoms. The molecule has 0 radical (unpaired) electrons. The lowest BCUT2D eigenvalue weighted by atomic mass is 10.3. The Kier molecular flexibility index (Phi) is 2.22. The van der Waals surface area contributed by atoms with Crippen LogP contribution in [0.25, 0.3) is 0 Å². The van der Waals surface area contributed by atoms with Gasteiger partial charge >= 0.3 is 6.01 Å². The molecule has 5 nitrogen and oxygen atoms in total. The van der Waals surface area contributed by atoms with Gasteiger partial charge < -0.3 is 4.42 Å². The van der Waals surface area contributed by atoms with E-state index in [0.717, 1.165) is 0 Å². The molecule has 0 aliphatic carbocycles. The van der Waals surface area contributed by atoms with Gasteiger partial charge in [0.15, 0.2) is 0 Å². The highest BCUT2D eigenvalue weighted by molar-refractivity contribution is 6.02. The SMILES string of the molecule is O=C(Nc1ncco1)c1cccnc1. The summed E-state index contributed by atoms with van der Waals surface area (Å²) in [5.41, 5.74) is 0.464. The second-order valence-corrected chi connectivity index (χ2v) is 2.53. The fourth-order valence-electron chi connectivity index (χ4n) is 0.952. The lowest BCUT2D eigenvalue weighted by molar-refractivity contribution is 0.102. The third-order valence-electron chi connectivity index (χ3n) is 1.58. The van der Waals surface area contributed by atoms with Gasteiger partial charge in [0.1, 0.15) is 6.26 Å². The zero-order valence-corrected chi connectivity index (χ0v) is 7.18. The van der Waals surface area contributed by atoms with Gasteiger partial charge in [0, 0.05) is 12.4 Å². The normalized spacial score (nSPS) is 9.71. The van der Waals surface area contributed by atoms with Crippen molar-refractivity contribution in [1.82, 2.24) is 9.97 Å². The van der Waals surface area contributed by atoms with Crippen molar-refractivity contribution < 1.29 is 9.21 Å². The highest BCUT2D eigenvalue weighted by atomic mass is 16.4. The highest BCUT2D eigenvalue weighted by Gasteiger charge is 2.07. The molecule has 5 heteroatoms. The lowest BCUT2D eigenvalue weighted by Crippen LogP contribution is -2.11. The fraction of sp³-hybridized carbons (Fsp3) is 0. The summed E-state index contributed by atoms with van der Waals surface area (Å²) in [5, 5.41) is 2.48. The van der Waals surface area contributed by atoms with Crippen LogP contribution in [-0.4, -0.2) is 15.9 Å². The number of hydrogen-bond acceptors (Lipinski definition) is 4. The summed E-state index contributed by atoms with van der Waals surface area (Å²) in [4.78, 5) is 19.0. The molecule has 0 unspecified atom stereocenters. The number of pyridine rings is 1. The minimum absolute atomic E-state index is 0.179. The molecule has 0 fully saturated rings. The molecule has 0 aromatic carbocycles. The van der Waals surface area contributed by atoms with E-state index in [1.54, 1.807) is 18.3 Å². The zero-order valence-electron chi connectivity index (χ0n) is 7.18. The predicted octanol–water partition coefficient (Wildman–Crippen LogP) is 1.32. The smallest absolute Gasteiger partial charge is 0.301 e. The number of hydrogen-bond donors (Lipinski definition) is 1. The van der Waals surface area contributed by atoms with Crippen LogP contribution in [0.2, 0.25) is 0 Å². The summed E-state index contributed by atoms with van der Waals surface area (Å²) in [6.45, 7) is 0. The van der Waals surface area contributed by atoms with Gasteiger partial charge in [0.25, 0.3) is 5.91 Å². The Hall–Kier alpha value is -2.17. The van der Waals surface area contributed by atoms with Crippen LogP contribution in [0.5, 0.6) is 0 Å². The quantitative estimate of drug-likeness (QED) is 0.773. The van der Waals surface area contributed by atoms with Crippen LogP contribution in [0.3, 0.4) is 0 Å². The van der Waals surface area contributed by atoms with Crippen molar-refractivity contribution in [3.8, 4) is 0 Å². The first-order chi connectivity index (χ1) is 6.86. The van der Waals surface area contributed by atoms with Crippen molar-refractivity contribution in [2.75, 3.05) is 5.32 Å². The molecule has 0 atom stereocenters. The Bertz CT molecular complexity index is 411. The van der Waals surface area contributed by atoms with Crippen LogP contribution in [0.1, 0.15) is 10.4 Å². The first-order valence-corrected chi connectivity index (χ1v) is 3.97. The van der Waals surface area contributed by atoms with Gasteiger partial charge in [-0.1, -0.05) is 0 Å². The van der Waals surface area contributed by atoms with Crippen LogP contribution in [0, 0.1) is 0 Å². The first kappa shape index (κ1) is 8.43. The van der Waals surface area contributed by atoms with Crippen molar-refractivity contribution in [2.45, 2.75) is 0 Å². The standard InChI is InChI=1S/C9H7N3O2/c13-8(7-2-1-3-10-6-7)12-9-11-4-5-14-9/h1-6H,(H,11,12,13). The summed E-state index contributed by atoms with van der Waals surface area (Å²) in [5.74, 6) is -0.291. The Morgan fingerprint density at radius 3 is 3.00 bits per heavy atom. The van der Waals surface area contributed by atoms with E-state index in [1.807, 2.05) is 0 Å². The molecule has 70 valence electrons. The van der Waals surface area contributed by atoms with Crippen LogP contribution < -0.4 is 5.32 Å². The van der Waals surface area contributed by atoms with E-state index in [9.17, 15) is 4.79 Å². The molecule has 1 N–H and O–H groups in total. The lowest BCUT2D eigenvalue weighted by Gasteiger charge is -1.98. The van der Waals surface area contributed by atoms with Crippen LogP contribution >= 0.6 is 0 Å². The molecular formula is C9H7N3O2. The number of anilines is 1. The summed E-state index contributed by atoms with van der Waals surface area (Å²) in [7, 11) is 0. The van der Waals surface area contributed by atoms with Crippen molar-refractivity contribution >= 4 is 11.9 Å². The fourth-order valence-corrected chi connectivity index (χ4v) is 0.952. The Balaban J connectivity index is 2.11. The van der Waals surface area contributed by atoms with Crippen molar-refractivity contribution in [1.29, 1.82) is 0 Å². The molecule has 2 heterocycles. The third-order valence-corrected chi connectivity index (χ3v) is 1.58. The molecule has 2 aromatic rings. The van der Waals surface area contributed by atoms with E-state index in [-0.39, 0.29) is 11.9 Å². The Morgan fingerprint density at radius 1 is 1.43 bits per heavy atom. The number of amides is 1. The minimum atomic E-state index is -0.291. The molecular weight excluding hydrogens is 182 g/mol. The van der Waals surface area contributed by atoms with Gasteiger partial charge in [0.2, 0.25) is 0 Å². The van der Waals surface area contributed by atoms with E-state index in [4.69, 9.17) is 4.42 Å². The topological polar surface area (TPSA) is 68.0 Å². The molecule has 0 saturated heterocycles. The van der Waals surface area contributed by atoms with E-state index >= 15 is 0 Å². The van der Waals surface area contributed by atoms with Gasteiger partial charge in [-0.05, 0) is 12.1 Å². The number of rotatable bonds is 2. The van der Waals surface area contributed by atoms with Gasteiger partial charge in [-0.3, -0.25) is 15.1 Å². The van der Waals surface area contributed by atoms with Gasteiger partial charge in [0.05, 0.1) is 11.8 Å². The average molecular weight is 189 g/mol. The summed E-state index contributed by atoms with van der Waals surface area (Å²) < 4.78 is 4.86. The summed E-state index contributed by atoms with van der Waals surface area (Å²) in [6, 6.07) is 3.52. The maximum absolute atomic E-state index is 11.5. The molecule has 0 aliphatic rings. The van der Waals surface area contributed by atoms with Crippen molar-refractivity contribution in [3.63, 3.8) is 0 Å². The Morgan fingerprint density at radius 2 is 2.36 bits per heavy atom. The highest BCUT2D eigenvalue weighted by Crippen LogP contribution is 2.04. The van der Waals surface area contributed by atoms with E-state index in [2.05, 4.69) is 15.3 Å². The molecule has 2 aromatic heterocycles. The van der Waals surface area contributed by atoms with Gasteiger partial charge in [-0.15, -0.1) is 0 Å². The molecule has 0 spiro atoms. The maximum atomic E-state index is 11.5. The van der Waals surface area contributed by atoms with Gasteiger partial charge in [-0.2, -0.15) is 0 Å². The minimum Gasteiger partial charge on any atom is -0.432 e. The number of carbonyl (C=O) groups excluding carboxylic acids is 1. The van der Waals surface area contributed by atoms with Crippen molar-refractivity contribution in [2.24, 2.45) is 0 Å². The third kappa shape index (κ3) is 1.77. The molecule has 0 aliphatic heterocycles. The van der Waals surface area contributed by atoms with Crippen LogP contribution in [0.4, 0.5) is 6.01 Å². The van der Waals surface area contributed by atoms with Crippen LogP contribution in [-0.2, 0) is 0 Å². The second kappa shape index (κ2) is 3.69. The molecule has 2 rings (SSSR count). The average Bonchev–Trinajstić information content (AvgIpc) is 2.72. The Labute approximate surface area is 79.8 Å². The monoisotopic (exact) mass is 189 g/mol. The summed E-state index contributed by atoms with van der Waals surface area (Å²) in [6.07, 6.45) is 5.91. The maximum Gasteiger partial charge on any atom is 0.301 e. The van der Waals surface area contributed by atoms with E-state index in [1.165, 1.54) is 18.7 Å². The van der Waals surface area contributed by atoms with Crippen molar-refractivity contribution in [3.05, 3.63) is 42.5 Å². The van der Waals surface area contributed by atoms with Crippen LogP contribution in [0.15, 0.2) is 41.4 Å². The summed E-state index contributed by atoms with van der Waals surface area (Å²) >= 11 is 0. The molecule has 0 bridgehead atoms. The van der Waals surface area contributed by atoms with Gasteiger partial charge in [-0.25, -0.2) is 4.98 Å².